The molecule has 27 heavy (non-hydrogen) atoms. The van der Waals surface area contributed by atoms with Crippen molar-refractivity contribution in [3.63, 3.8) is 0 Å². The maximum Gasteiger partial charge on any atom is 0.339 e. The quantitative estimate of drug-likeness (QED) is 0.484. The Hall–Kier alpha value is -3.28. The number of ether oxygens (including phenoxy) is 1. The lowest BCUT2D eigenvalue weighted by atomic mass is 9.98. The topological polar surface area (TPSA) is 82.3 Å². The van der Waals surface area contributed by atoms with Crippen molar-refractivity contribution in [2.45, 2.75) is 33.3 Å². The molecule has 0 amide bonds. The number of hydrogen-bond donors (Lipinski definition) is 0. The zero-order valence-corrected chi connectivity index (χ0v) is 15.4. The average molecular weight is 364 g/mol. The zero-order valence-electron chi connectivity index (χ0n) is 15.4. The van der Waals surface area contributed by atoms with Gasteiger partial charge in [-0.2, -0.15) is 4.98 Å². The summed E-state index contributed by atoms with van der Waals surface area (Å²) in [6, 6.07) is 13.8. The van der Waals surface area contributed by atoms with Gasteiger partial charge in [0.05, 0.1) is 5.56 Å². The molecule has 0 saturated carbocycles. The minimum Gasteiger partial charge on any atom is -0.452 e. The number of rotatable bonds is 6. The van der Waals surface area contributed by atoms with E-state index in [0.29, 0.717) is 17.0 Å². The van der Waals surface area contributed by atoms with Gasteiger partial charge in [-0.3, -0.25) is 4.79 Å². The van der Waals surface area contributed by atoms with Crippen molar-refractivity contribution >= 4 is 11.8 Å². The molecule has 0 saturated heterocycles. The van der Waals surface area contributed by atoms with Gasteiger partial charge >= 0.3 is 5.97 Å². The van der Waals surface area contributed by atoms with Crippen LogP contribution in [0.4, 0.5) is 0 Å². The molecule has 3 rings (SSSR count). The highest BCUT2D eigenvalue weighted by Gasteiger charge is 2.20. The molecule has 1 aromatic heterocycles. The van der Waals surface area contributed by atoms with Gasteiger partial charge in [0.15, 0.2) is 18.2 Å². The molecular formula is C21H20N2O4. The van der Waals surface area contributed by atoms with Crippen LogP contribution in [0.3, 0.4) is 0 Å². The number of esters is 1. The van der Waals surface area contributed by atoms with Gasteiger partial charge < -0.3 is 9.26 Å². The Morgan fingerprint density at radius 2 is 1.70 bits per heavy atom. The van der Waals surface area contributed by atoms with Crippen molar-refractivity contribution in [3.05, 3.63) is 82.5 Å². The average Bonchev–Trinajstić information content (AvgIpc) is 3.15. The number of carbonyl (C=O) groups excluding carboxylic acids is 2. The second-order valence-electron chi connectivity index (χ2n) is 6.52. The van der Waals surface area contributed by atoms with Crippen LogP contribution < -0.4 is 0 Å². The number of ketones is 1. The van der Waals surface area contributed by atoms with Crippen LogP contribution in [0, 0.1) is 6.92 Å². The van der Waals surface area contributed by atoms with Crippen LogP contribution in [-0.4, -0.2) is 21.9 Å². The fourth-order valence-corrected chi connectivity index (χ4v) is 2.49. The van der Waals surface area contributed by atoms with Crippen molar-refractivity contribution in [3.8, 4) is 0 Å². The number of nitrogens with zero attached hydrogens (tertiary/aromatic N) is 2. The van der Waals surface area contributed by atoms with E-state index in [1.807, 2.05) is 32.9 Å². The lowest BCUT2D eigenvalue weighted by Crippen LogP contribution is -2.13. The Bertz CT molecular complexity index is 958. The first kappa shape index (κ1) is 18.5. The Morgan fingerprint density at radius 3 is 2.33 bits per heavy atom. The summed E-state index contributed by atoms with van der Waals surface area (Å²) >= 11 is 0. The van der Waals surface area contributed by atoms with Gasteiger partial charge in [0.25, 0.3) is 5.89 Å². The highest BCUT2D eigenvalue weighted by atomic mass is 16.6. The minimum atomic E-state index is -0.615. The molecule has 0 fully saturated rings. The molecule has 2 aromatic carbocycles. The Labute approximate surface area is 157 Å². The second kappa shape index (κ2) is 7.95. The summed E-state index contributed by atoms with van der Waals surface area (Å²) in [5.41, 5.74) is 2.06. The van der Waals surface area contributed by atoms with E-state index in [0.717, 1.165) is 5.56 Å². The molecule has 3 aromatic rings. The minimum absolute atomic E-state index is 0.117. The molecule has 0 aliphatic carbocycles. The van der Waals surface area contributed by atoms with Crippen LogP contribution in [0.5, 0.6) is 0 Å². The number of hydrogen-bond acceptors (Lipinski definition) is 6. The molecule has 138 valence electrons. The lowest BCUT2D eigenvalue weighted by molar-refractivity contribution is 0.0427. The highest BCUT2D eigenvalue weighted by molar-refractivity contribution is 6.14. The highest BCUT2D eigenvalue weighted by Crippen LogP contribution is 2.17. The van der Waals surface area contributed by atoms with Crippen LogP contribution in [0.25, 0.3) is 0 Å². The number of aromatic nitrogens is 2. The summed E-state index contributed by atoms with van der Waals surface area (Å²) in [5.74, 6) is 0.0363. The predicted octanol–water partition coefficient (Wildman–Crippen LogP) is 4.09. The third kappa shape index (κ3) is 4.28. The van der Waals surface area contributed by atoms with Gasteiger partial charge in [0.1, 0.15) is 0 Å². The Balaban J connectivity index is 1.77. The largest absolute Gasteiger partial charge is 0.452 e. The third-order valence-electron chi connectivity index (χ3n) is 4.03. The van der Waals surface area contributed by atoms with E-state index in [-0.39, 0.29) is 29.8 Å². The van der Waals surface area contributed by atoms with Gasteiger partial charge in [-0.05, 0) is 13.0 Å². The molecule has 0 bridgehead atoms. The zero-order chi connectivity index (χ0) is 19.4. The number of aryl methyl sites for hydroxylation is 1. The molecule has 1 heterocycles. The summed E-state index contributed by atoms with van der Waals surface area (Å²) in [6.45, 7) is 5.68. The monoisotopic (exact) mass is 364 g/mol. The van der Waals surface area contributed by atoms with Crippen molar-refractivity contribution in [2.75, 3.05) is 0 Å². The molecule has 0 aliphatic rings. The maximum absolute atomic E-state index is 12.8. The first-order valence-corrected chi connectivity index (χ1v) is 8.65. The van der Waals surface area contributed by atoms with Crippen LogP contribution >= 0.6 is 0 Å². The van der Waals surface area contributed by atoms with Crippen molar-refractivity contribution in [2.24, 2.45) is 0 Å². The fourth-order valence-electron chi connectivity index (χ4n) is 2.49. The normalized spacial score (nSPS) is 10.8. The van der Waals surface area contributed by atoms with Gasteiger partial charge in [-0.1, -0.05) is 67.0 Å². The maximum atomic E-state index is 12.8. The van der Waals surface area contributed by atoms with Gasteiger partial charge in [-0.15, -0.1) is 0 Å². The van der Waals surface area contributed by atoms with E-state index in [1.165, 1.54) is 0 Å². The third-order valence-corrected chi connectivity index (χ3v) is 4.03. The van der Waals surface area contributed by atoms with Gasteiger partial charge in [0, 0.05) is 17.0 Å². The second-order valence-corrected chi connectivity index (χ2v) is 6.52. The SMILES string of the molecule is Cc1ccc(C(=O)c2ccccc2C(=O)OCc2nc(C(C)C)no2)cc1. The molecule has 6 nitrogen and oxygen atoms in total. The Morgan fingerprint density at radius 1 is 1.04 bits per heavy atom. The lowest BCUT2D eigenvalue weighted by Gasteiger charge is -2.08. The van der Waals surface area contributed by atoms with E-state index >= 15 is 0 Å². The first-order chi connectivity index (χ1) is 13.0. The van der Waals surface area contributed by atoms with Crippen LogP contribution in [0.2, 0.25) is 0 Å². The van der Waals surface area contributed by atoms with Crippen molar-refractivity contribution in [1.82, 2.24) is 10.1 Å². The van der Waals surface area contributed by atoms with Gasteiger partial charge in [-0.25, -0.2) is 4.79 Å². The standard InChI is InChI=1S/C21H20N2O4/c1-13(2)20-22-18(27-23-20)12-26-21(25)17-7-5-4-6-16(17)19(24)15-10-8-14(3)9-11-15/h4-11,13H,12H2,1-3H3. The van der Waals surface area contributed by atoms with Crippen molar-refractivity contribution < 1.29 is 18.8 Å². The molecular weight excluding hydrogens is 344 g/mol. The molecule has 0 atom stereocenters. The van der Waals surface area contributed by atoms with E-state index < -0.39 is 5.97 Å². The fraction of sp³-hybridized carbons (Fsp3) is 0.238. The Kier molecular flexibility index (Phi) is 5.45. The van der Waals surface area contributed by atoms with Crippen LogP contribution in [0.1, 0.15) is 63.3 Å². The summed E-state index contributed by atoms with van der Waals surface area (Å²) in [7, 11) is 0. The van der Waals surface area contributed by atoms with E-state index in [4.69, 9.17) is 9.26 Å². The molecule has 0 radical (unpaired) electrons. The van der Waals surface area contributed by atoms with E-state index in [2.05, 4.69) is 10.1 Å². The molecule has 0 aliphatic heterocycles. The summed E-state index contributed by atoms with van der Waals surface area (Å²) in [6.07, 6.45) is 0. The molecule has 6 heteroatoms. The van der Waals surface area contributed by atoms with Crippen molar-refractivity contribution in [1.29, 1.82) is 0 Å². The smallest absolute Gasteiger partial charge is 0.339 e. The molecule has 0 unspecified atom stereocenters. The predicted molar refractivity (Wildman–Crippen MR) is 98.6 cm³/mol. The van der Waals surface area contributed by atoms with Gasteiger partial charge in [0.2, 0.25) is 0 Å². The number of benzene rings is 2. The summed E-state index contributed by atoms with van der Waals surface area (Å²) in [4.78, 5) is 29.5. The summed E-state index contributed by atoms with van der Waals surface area (Å²) < 4.78 is 10.3. The molecule has 0 N–H and O–H groups in total. The van der Waals surface area contributed by atoms with E-state index in [1.54, 1.807) is 36.4 Å². The van der Waals surface area contributed by atoms with Crippen LogP contribution in [-0.2, 0) is 11.3 Å². The molecule has 0 spiro atoms. The van der Waals surface area contributed by atoms with E-state index in [9.17, 15) is 9.59 Å². The van der Waals surface area contributed by atoms with Crippen LogP contribution in [0.15, 0.2) is 53.1 Å². The first-order valence-electron chi connectivity index (χ1n) is 8.65. The number of carbonyl (C=O) groups is 2. The summed E-state index contributed by atoms with van der Waals surface area (Å²) in [5, 5.41) is 3.83.